The van der Waals surface area contributed by atoms with Crippen LogP contribution in [-0.2, 0) is 11.3 Å². The molecule has 0 radical (unpaired) electrons. The Morgan fingerprint density at radius 1 is 1.25 bits per heavy atom. The highest BCUT2D eigenvalue weighted by atomic mass is 19.1. The van der Waals surface area contributed by atoms with Crippen molar-refractivity contribution in [3.8, 4) is 0 Å². The highest BCUT2D eigenvalue weighted by molar-refractivity contribution is 6.07. The minimum Gasteiger partial charge on any atom is -0.323 e. The summed E-state index contributed by atoms with van der Waals surface area (Å²) >= 11 is 0. The molecule has 6 heteroatoms. The molecular weight excluding hydrogens is 261 g/mol. The molecule has 0 saturated carbocycles. The zero-order chi connectivity index (χ0) is 14.2. The molecule has 2 saturated heterocycles. The van der Waals surface area contributed by atoms with Crippen LogP contribution in [0.2, 0.25) is 0 Å². The number of benzene rings is 1. The van der Waals surface area contributed by atoms with Crippen molar-refractivity contribution in [2.45, 2.75) is 24.9 Å². The molecule has 0 atom stereocenters. The Balaban J connectivity index is 1.80. The second kappa shape index (κ2) is 4.86. The molecule has 5 nitrogen and oxygen atoms in total. The Kier molecular flexibility index (Phi) is 3.17. The SMILES string of the molecule is O=C1NC2(CCNCC2)C(=O)N1Cc1cccc(F)c1. The molecule has 20 heavy (non-hydrogen) atoms. The number of halogens is 1. The van der Waals surface area contributed by atoms with Gasteiger partial charge in [0, 0.05) is 0 Å². The van der Waals surface area contributed by atoms with Crippen molar-refractivity contribution in [2.75, 3.05) is 13.1 Å². The van der Waals surface area contributed by atoms with Gasteiger partial charge in [-0.05, 0) is 43.6 Å². The van der Waals surface area contributed by atoms with Crippen LogP contribution in [0.15, 0.2) is 24.3 Å². The van der Waals surface area contributed by atoms with E-state index < -0.39 is 5.54 Å². The maximum absolute atomic E-state index is 13.2. The first kappa shape index (κ1) is 13.1. The van der Waals surface area contributed by atoms with Gasteiger partial charge in [0.05, 0.1) is 6.54 Å². The fourth-order valence-electron chi connectivity index (χ4n) is 2.83. The second-order valence-electron chi connectivity index (χ2n) is 5.28. The van der Waals surface area contributed by atoms with Crippen LogP contribution in [-0.4, -0.2) is 35.5 Å². The zero-order valence-corrected chi connectivity index (χ0v) is 11.0. The number of imide groups is 1. The molecule has 0 aromatic heterocycles. The average molecular weight is 277 g/mol. The molecule has 2 fully saturated rings. The van der Waals surface area contributed by atoms with Gasteiger partial charge >= 0.3 is 6.03 Å². The number of urea groups is 1. The minimum atomic E-state index is -0.768. The van der Waals surface area contributed by atoms with Crippen molar-refractivity contribution in [3.63, 3.8) is 0 Å². The number of nitrogens with zero attached hydrogens (tertiary/aromatic N) is 1. The van der Waals surface area contributed by atoms with E-state index in [4.69, 9.17) is 0 Å². The van der Waals surface area contributed by atoms with E-state index in [9.17, 15) is 14.0 Å². The summed E-state index contributed by atoms with van der Waals surface area (Å²) in [7, 11) is 0. The van der Waals surface area contributed by atoms with Crippen LogP contribution in [0.1, 0.15) is 18.4 Å². The summed E-state index contributed by atoms with van der Waals surface area (Å²) in [5.41, 5.74) is -0.158. The summed E-state index contributed by atoms with van der Waals surface area (Å²) in [6.45, 7) is 1.53. The van der Waals surface area contributed by atoms with Gasteiger partial charge in [0.15, 0.2) is 0 Å². The molecule has 0 bridgehead atoms. The third-order valence-electron chi connectivity index (χ3n) is 3.93. The van der Waals surface area contributed by atoms with Gasteiger partial charge in [-0.2, -0.15) is 0 Å². The van der Waals surface area contributed by atoms with Crippen molar-refractivity contribution >= 4 is 11.9 Å². The molecule has 1 aromatic rings. The first-order chi connectivity index (χ1) is 9.61. The number of carbonyl (C=O) groups excluding carboxylic acids is 2. The molecule has 0 unspecified atom stereocenters. The van der Waals surface area contributed by atoms with Gasteiger partial charge in [-0.1, -0.05) is 12.1 Å². The molecule has 2 aliphatic heterocycles. The number of hydrogen-bond acceptors (Lipinski definition) is 3. The highest BCUT2D eigenvalue weighted by Crippen LogP contribution is 2.28. The molecule has 2 N–H and O–H groups in total. The number of rotatable bonds is 2. The first-order valence-electron chi connectivity index (χ1n) is 6.70. The lowest BCUT2D eigenvalue weighted by Crippen LogP contribution is -2.53. The van der Waals surface area contributed by atoms with E-state index in [0.717, 1.165) is 0 Å². The lowest BCUT2D eigenvalue weighted by molar-refractivity contribution is -0.132. The molecule has 3 amide bonds. The predicted octanol–water partition coefficient (Wildman–Crippen LogP) is 1.000. The van der Waals surface area contributed by atoms with Crippen LogP contribution < -0.4 is 10.6 Å². The molecule has 2 aliphatic rings. The monoisotopic (exact) mass is 277 g/mol. The number of carbonyl (C=O) groups is 2. The maximum Gasteiger partial charge on any atom is 0.325 e. The molecular formula is C14H16FN3O2. The quantitative estimate of drug-likeness (QED) is 0.793. The van der Waals surface area contributed by atoms with Crippen LogP contribution in [0, 0.1) is 5.82 Å². The zero-order valence-electron chi connectivity index (χ0n) is 11.0. The van der Waals surface area contributed by atoms with E-state index >= 15 is 0 Å². The third kappa shape index (κ3) is 2.16. The van der Waals surface area contributed by atoms with Gasteiger partial charge in [-0.25, -0.2) is 9.18 Å². The number of hydrogen-bond donors (Lipinski definition) is 2. The lowest BCUT2D eigenvalue weighted by atomic mass is 9.88. The van der Waals surface area contributed by atoms with Crippen molar-refractivity contribution in [2.24, 2.45) is 0 Å². The number of amides is 3. The third-order valence-corrected chi connectivity index (χ3v) is 3.93. The Morgan fingerprint density at radius 2 is 2.00 bits per heavy atom. The second-order valence-corrected chi connectivity index (χ2v) is 5.28. The van der Waals surface area contributed by atoms with Gasteiger partial charge in [0.25, 0.3) is 5.91 Å². The summed E-state index contributed by atoms with van der Waals surface area (Å²) in [6, 6.07) is 5.57. The lowest BCUT2D eigenvalue weighted by Gasteiger charge is -2.31. The highest BCUT2D eigenvalue weighted by Gasteiger charge is 2.51. The Hall–Kier alpha value is -1.95. The largest absolute Gasteiger partial charge is 0.325 e. The van der Waals surface area contributed by atoms with Crippen LogP contribution >= 0.6 is 0 Å². The molecule has 3 rings (SSSR count). The smallest absolute Gasteiger partial charge is 0.323 e. The van der Waals surface area contributed by atoms with Gasteiger partial charge in [-0.3, -0.25) is 9.69 Å². The number of piperidine rings is 1. The first-order valence-corrected chi connectivity index (χ1v) is 6.70. The van der Waals surface area contributed by atoms with Crippen LogP contribution in [0.4, 0.5) is 9.18 Å². The van der Waals surface area contributed by atoms with Gasteiger partial charge in [-0.15, -0.1) is 0 Å². The van der Waals surface area contributed by atoms with E-state index in [1.807, 2.05) is 0 Å². The molecule has 106 valence electrons. The van der Waals surface area contributed by atoms with Crippen molar-refractivity contribution in [1.29, 1.82) is 0 Å². The summed E-state index contributed by atoms with van der Waals surface area (Å²) < 4.78 is 13.2. The molecule has 0 aliphatic carbocycles. The fourth-order valence-corrected chi connectivity index (χ4v) is 2.83. The molecule has 2 heterocycles. The van der Waals surface area contributed by atoms with E-state index in [1.165, 1.54) is 17.0 Å². The fraction of sp³-hybridized carbons (Fsp3) is 0.429. The topological polar surface area (TPSA) is 61.4 Å². The van der Waals surface area contributed by atoms with Gasteiger partial charge in [0.2, 0.25) is 0 Å². The molecule has 1 aromatic carbocycles. The van der Waals surface area contributed by atoms with Crippen LogP contribution in [0.25, 0.3) is 0 Å². The van der Waals surface area contributed by atoms with Crippen molar-refractivity contribution < 1.29 is 14.0 Å². The van der Waals surface area contributed by atoms with E-state index in [-0.39, 0.29) is 24.3 Å². The van der Waals surface area contributed by atoms with Crippen molar-refractivity contribution in [3.05, 3.63) is 35.6 Å². The van der Waals surface area contributed by atoms with E-state index in [2.05, 4.69) is 10.6 Å². The normalized spacial score (nSPS) is 21.4. The van der Waals surface area contributed by atoms with Crippen LogP contribution in [0.5, 0.6) is 0 Å². The summed E-state index contributed by atoms with van der Waals surface area (Å²) in [4.78, 5) is 25.7. The summed E-state index contributed by atoms with van der Waals surface area (Å²) in [6.07, 6.45) is 1.19. The maximum atomic E-state index is 13.2. The average Bonchev–Trinajstić information content (AvgIpc) is 2.64. The minimum absolute atomic E-state index is 0.109. The van der Waals surface area contributed by atoms with E-state index in [0.29, 0.717) is 31.5 Å². The summed E-state index contributed by atoms with van der Waals surface area (Å²) in [5, 5.41) is 5.98. The van der Waals surface area contributed by atoms with Crippen molar-refractivity contribution in [1.82, 2.24) is 15.5 Å². The summed E-state index contributed by atoms with van der Waals surface area (Å²) in [5.74, 6) is -0.570. The Morgan fingerprint density at radius 3 is 2.70 bits per heavy atom. The standard InChI is InChI=1S/C14H16FN3O2/c15-11-3-1-2-10(8-11)9-18-12(19)14(17-13(18)20)4-6-16-7-5-14/h1-3,8,16H,4-7,9H2,(H,17,20). The van der Waals surface area contributed by atoms with Gasteiger partial charge < -0.3 is 10.6 Å². The predicted molar refractivity (Wildman–Crippen MR) is 70.3 cm³/mol. The van der Waals surface area contributed by atoms with E-state index in [1.54, 1.807) is 12.1 Å². The molecule has 1 spiro atoms. The van der Waals surface area contributed by atoms with Gasteiger partial charge in [0.1, 0.15) is 11.4 Å². The Bertz CT molecular complexity index is 555. The number of nitrogens with one attached hydrogen (secondary N) is 2. The van der Waals surface area contributed by atoms with Crippen LogP contribution in [0.3, 0.4) is 0 Å². The Labute approximate surface area is 116 Å².